The van der Waals surface area contributed by atoms with E-state index in [0.29, 0.717) is 0 Å². The van der Waals surface area contributed by atoms with Crippen molar-refractivity contribution < 1.29 is 24.9 Å². The largest absolute Gasteiger partial charge is 0.478 e. The summed E-state index contributed by atoms with van der Waals surface area (Å²) in [5.41, 5.74) is 0.889. The highest BCUT2D eigenvalue weighted by Crippen LogP contribution is 2.24. The molecule has 0 radical (unpaired) electrons. The topological polar surface area (TPSA) is 94.8 Å². The fraction of sp³-hybridized carbons (Fsp3) is 0.385. The average molecular weight is 284 g/mol. The summed E-state index contributed by atoms with van der Waals surface area (Å²) in [6, 6.07) is 4.53. The van der Waals surface area contributed by atoms with Crippen LogP contribution in [0.5, 0.6) is 0 Å². The summed E-state index contributed by atoms with van der Waals surface area (Å²) in [7, 11) is 0. The van der Waals surface area contributed by atoms with Crippen LogP contribution in [0, 0.1) is 6.92 Å². The van der Waals surface area contributed by atoms with Crippen molar-refractivity contribution in [3.05, 3.63) is 34.9 Å². The van der Waals surface area contributed by atoms with Crippen molar-refractivity contribution in [1.29, 1.82) is 0 Å². The summed E-state index contributed by atoms with van der Waals surface area (Å²) in [5.74, 6) is -1.15. The number of thioether (sulfide) groups is 1. The number of aliphatic hydroxyl groups excluding tert-OH is 2. The number of aromatic carboxylic acids is 1. The van der Waals surface area contributed by atoms with Gasteiger partial charge in [0.25, 0.3) is 0 Å². The SMILES string of the molecule is CC(=O)SCC(O)C(O)c1cc(C)ccc1C(=O)O. The van der Waals surface area contributed by atoms with Crippen LogP contribution in [0.15, 0.2) is 18.2 Å². The highest BCUT2D eigenvalue weighted by Gasteiger charge is 2.24. The Morgan fingerprint density at radius 1 is 1.32 bits per heavy atom. The van der Waals surface area contributed by atoms with E-state index >= 15 is 0 Å². The van der Waals surface area contributed by atoms with Crippen LogP contribution in [-0.4, -0.2) is 38.3 Å². The van der Waals surface area contributed by atoms with Gasteiger partial charge in [-0.2, -0.15) is 0 Å². The van der Waals surface area contributed by atoms with Crippen LogP contribution in [0.1, 0.15) is 34.5 Å². The number of benzene rings is 1. The van der Waals surface area contributed by atoms with Crippen molar-refractivity contribution in [2.24, 2.45) is 0 Å². The second-order valence-corrected chi connectivity index (χ2v) is 5.41. The van der Waals surface area contributed by atoms with Gasteiger partial charge >= 0.3 is 5.97 Å². The van der Waals surface area contributed by atoms with E-state index in [4.69, 9.17) is 5.11 Å². The molecule has 5 nitrogen and oxygen atoms in total. The number of rotatable bonds is 5. The zero-order valence-corrected chi connectivity index (χ0v) is 11.5. The minimum atomic E-state index is -1.34. The van der Waals surface area contributed by atoms with Crippen molar-refractivity contribution in [3.8, 4) is 0 Å². The number of aryl methyl sites for hydroxylation is 1. The molecule has 3 N–H and O–H groups in total. The van der Waals surface area contributed by atoms with E-state index in [2.05, 4.69) is 0 Å². The Morgan fingerprint density at radius 3 is 2.47 bits per heavy atom. The fourth-order valence-electron chi connectivity index (χ4n) is 1.62. The number of hydrogen-bond donors (Lipinski definition) is 3. The Balaban J connectivity index is 2.97. The molecule has 0 fully saturated rings. The molecule has 1 aromatic carbocycles. The van der Waals surface area contributed by atoms with Gasteiger partial charge in [-0.05, 0) is 18.6 Å². The first-order valence-corrected chi connectivity index (χ1v) is 6.64. The van der Waals surface area contributed by atoms with Crippen LogP contribution < -0.4 is 0 Å². The second-order valence-electron chi connectivity index (χ2n) is 4.21. The summed E-state index contributed by atoms with van der Waals surface area (Å²) in [6.07, 6.45) is -2.54. The number of carbonyl (C=O) groups excluding carboxylic acids is 1. The summed E-state index contributed by atoms with van der Waals surface area (Å²) in [6.45, 7) is 3.12. The standard InChI is InChI=1S/C13H16O5S/c1-7-3-4-9(13(17)18)10(5-7)12(16)11(15)6-19-8(2)14/h3-5,11-12,15-16H,6H2,1-2H3,(H,17,18). The molecule has 0 aliphatic rings. The molecule has 2 unspecified atom stereocenters. The predicted molar refractivity (Wildman–Crippen MR) is 72.2 cm³/mol. The molecule has 1 rings (SSSR count). The molecule has 0 amide bonds. The van der Waals surface area contributed by atoms with Gasteiger partial charge in [-0.1, -0.05) is 29.5 Å². The van der Waals surface area contributed by atoms with E-state index in [1.165, 1.54) is 19.1 Å². The Bertz CT molecular complexity index is 486. The number of carboxylic acid groups (broad SMARTS) is 1. The maximum absolute atomic E-state index is 11.1. The van der Waals surface area contributed by atoms with Crippen molar-refractivity contribution >= 4 is 22.8 Å². The predicted octanol–water partition coefficient (Wildman–Crippen LogP) is 1.37. The number of aliphatic hydroxyl groups is 2. The smallest absolute Gasteiger partial charge is 0.336 e. The lowest BCUT2D eigenvalue weighted by Crippen LogP contribution is -2.23. The van der Waals surface area contributed by atoms with Crippen LogP contribution in [0.25, 0.3) is 0 Å². The maximum Gasteiger partial charge on any atom is 0.336 e. The van der Waals surface area contributed by atoms with Gasteiger partial charge in [0.2, 0.25) is 0 Å². The molecule has 0 aromatic heterocycles. The third-order valence-corrected chi connectivity index (χ3v) is 3.49. The molecule has 0 spiro atoms. The molecular weight excluding hydrogens is 268 g/mol. The molecule has 0 bridgehead atoms. The molecular formula is C13H16O5S. The number of carboxylic acids is 1. The summed E-state index contributed by atoms with van der Waals surface area (Å²) >= 11 is 0.884. The van der Waals surface area contributed by atoms with Gasteiger partial charge in [0.1, 0.15) is 6.10 Å². The summed E-state index contributed by atoms with van der Waals surface area (Å²) < 4.78 is 0. The van der Waals surface area contributed by atoms with Gasteiger partial charge in [-0.15, -0.1) is 0 Å². The molecule has 2 atom stereocenters. The molecule has 104 valence electrons. The van der Waals surface area contributed by atoms with Gasteiger partial charge in [0.15, 0.2) is 5.12 Å². The van der Waals surface area contributed by atoms with E-state index in [-0.39, 0.29) is 22.0 Å². The lowest BCUT2D eigenvalue weighted by Gasteiger charge is -2.19. The summed E-state index contributed by atoms with van der Waals surface area (Å²) in [4.78, 5) is 21.9. The van der Waals surface area contributed by atoms with E-state index in [9.17, 15) is 19.8 Å². The quantitative estimate of drug-likeness (QED) is 0.756. The fourth-order valence-corrected chi connectivity index (χ4v) is 2.21. The third-order valence-electron chi connectivity index (χ3n) is 2.58. The summed E-state index contributed by atoms with van der Waals surface area (Å²) in [5, 5.41) is 28.7. The second kappa shape index (κ2) is 6.70. The van der Waals surface area contributed by atoms with Crippen molar-refractivity contribution in [3.63, 3.8) is 0 Å². The molecule has 0 aliphatic carbocycles. The minimum Gasteiger partial charge on any atom is -0.478 e. The van der Waals surface area contributed by atoms with Gasteiger partial charge in [0, 0.05) is 12.7 Å². The Labute approximate surface area is 115 Å². The third kappa shape index (κ3) is 4.34. The first kappa shape index (κ1) is 15.7. The molecule has 0 aliphatic heterocycles. The molecule has 0 saturated heterocycles. The molecule has 0 heterocycles. The highest BCUT2D eigenvalue weighted by atomic mass is 32.2. The Hall–Kier alpha value is -1.37. The first-order valence-electron chi connectivity index (χ1n) is 5.66. The maximum atomic E-state index is 11.1. The molecule has 6 heteroatoms. The Morgan fingerprint density at radius 2 is 1.95 bits per heavy atom. The normalized spacial score (nSPS) is 13.9. The highest BCUT2D eigenvalue weighted by molar-refractivity contribution is 8.13. The Kier molecular flexibility index (Phi) is 5.53. The van der Waals surface area contributed by atoms with Crippen LogP contribution in [-0.2, 0) is 4.79 Å². The van der Waals surface area contributed by atoms with E-state index in [1.807, 2.05) is 0 Å². The van der Waals surface area contributed by atoms with Gasteiger partial charge in [0.05, 0.1) is 11.7 Å². The van der Waals surface area contributed by atoms with Crippen LogP contribution in [0.2, 0.25) is 0 Å². The number of hydrogen-bond acceptors (Lipinski definition) is 5. The average Bonchev–Trinajstić information content (AvgIpc) is 2.34. The van der Waals surface area contributed by atoms with Gasteiger partial charge in [-0.25, -0.2) is 4.79 Å². The van der Waals surface area contributed by atoms with Crippen LogP contribution in [0.4, 0.5) is 0 Å². The van der Waals surface area contributed by atoms with Crippen molar-refractivity contribution in [1.82, 2.24) is 0 Å². The molecule has 1 aromatic rings. The minimum absolute atomic E-state index is 0.0174. The molecule has 0 saturated carbocycles. The van der Waals surface area contributed by atoms with Crippen molar-refractivity contribution in [2.45, 2.75) is 26.1 Å². The van der Waals surface area contributed by atoms with Crippen molar-refractivity contribution in [2.75, 3.05) is 5.75 Å². The van der Waals surface area contributed by atoms with E-state index in [1.54, 1.807) is 13.0 Å². The van der Waals surface area contributed by atoms with E-state index in [0.717, 1.165) is 17.3 Å². The van der Waals surface area contributed by atoms with Crippen LogP contribution in [0.3, 0.4) is 0 Å². The lowest BCUT2D eigenvalue weighted by atomic mass is 9.97. The zero-order valence-electron chi connectivity index (χ0n) is 10.7. The number of carbonyl (C=O) groups is 2. The van der Waals surface area contributed by atoms with Gasteiger partial charge in [-0.3, -0.25) is 4.79 Å². The molecule has 19 heavy (non-hydrogen) atoms. The van der Waals surface area contributed by atoms with E-state index < -0.39 is 18.2 Å². The van der Waals surface area contributed by atoms with Crippen LogP contribution >= 0.6 is 11.8 Å². The lowest BCUT2D eigenvalue weighted by molar-refractivity contribution is -0.109. The van der Waals surface area contributed by atoms with Gasteiger partial charge < -0.3 is 15.3 Å². The first-order chi connectivity index (χ1) is 8.82. The monoisotopic (exact) mass is 284 g/mol. The zero-order chi connectivity index (χ0) is 14.6.